The molecule has 2 rings (SSSR count). The number of ether oxygens (including phenoxy) is 1. The van der Waals surface area contributed by atoms with Crippen LogP contribution in [0.3, 0.4) is 0 Å². The normalized spacial score (nSPS) is 22.6. The zero-order valence-electron chi connectivity index (χ0n) is 8.67. The minimum Gasteiger partial charge on any atom is -0.459 e. The largest absolute Gasteiger partial charge is 0.459 e. The molecule has 1 aromatic rings. The molecule has 0 amide bonds. The zero-order chi connectivity index (χ0) is 11.7. The first-order valence-electron chi connectivity index (χ1n) is 4.93. The van der Waals surface area contributed by atoms with Crippen molar-refractivity contribution in [3.63, 3.8) is 0 Å². The van der Waals surface area contributed by atoms with E-state index in [0.29, 0.717) is 22.0 Å². The molecule has 0 bridgehead atoms. The van der Waals surface area contributed by atoms with Crippen molar-refractivity contribution in [3.8, 4) is 0 Å². The van der Waals surface area contributed by atoms with E-state index in [1.165, 1.54) is 0 Å². The maximum absolute atomic E-state index is 11.4. The minimum absolute atomic E-state index is 0.0403. The van der Waals surface area contributed by atoms with Gasteiger partial charge in [0.25, 0.3) is 0 Å². The quantitative estimate of drug-likeness (QED) is 0.566. The summed E-state index contributed by atoms with van der Waals surface area (Å²) in [6.45, 7) is 1.87. The van der Waals surface area contributed by atoms with Gasteiger partial charge in [-0.25, -0.2) is 4.79 Å². The second-order valence-electron chi connectivity index (χ2n) is 3.76. The van der Waals surface area contributed by atoms with Crippen molar-refractivity contribution in [2.75, 3.05) is 0 Å². The van der Waals surface area contributed by atoms with Crippen LogP contribution >= 0.6 is 23.2 Å². The number of esters is 1. The van der Waals surface area contributed by atoms with E-state index in [4.69, 9.17) is 27.9 Å². The number of hydrogen-bond donors (Lipinski definition) is 0. The number of halogens is 2. The summed E-state index contributed by atoms with van der Waals surface area (Å²) in [6.07, 6.45) is 2.38. The monoisotopic (exact) mass is 256 g/mol. The van der Waals surface area contributed by atoms with Crippen LogP contribution in [0.4, 0.5) is 0 Å². The van der Waals surface area contributed by atoms with Gasteiger partial charge in [0.2, 0.25) is 0 Å². The molecule has 1 unspecified atom stereocenters. The highest BCUT2D eigenvalue weighted by Gasteiger charge is 2.25. The predicted molar refractivity (Wildman–Crippen MR) is 64.6 cm³/mol. The molecule has 0 N–H and O–H groups in total. The standard InChI is InChI=1S/C12H10Cl2O2/c1-7-4-9(12(15)16-7)5-8-2-3-10(13)11(14)6-8/h2-3,5-7H,4H2,1H3. The van der Waals surface area contributed by atoms with Gasteiger partial charge in [-0.2, -0.15) is 0 Å². The van der Waals surface area contributed by atoms with Gasteiger partial charge in [-0.05, 0) is 30.7 Å². The molecule has 1 aromatic carbocycles. The van der Waals surface area contributed by atoms with Gasteiger partial charge in [-0.3, -0.25) is 0 Å². The van der Waals surface area contributed by atoms with E-state index in [-0.39, 0.29) is 12.1 Å². The second-order valence-corrected chi connectivity index (χ2v) is 4.58. The van der Waals surface area contributed by atoms with Crippen LogP contribution in [0.15, 0.2) is 23.8 Å². The van der Waals surface area contributed by atoms with E-state index in [2.05, 4.69) is 0 Å². The van der Waals surface area contributed by atoms with Gasteiger partial charge >= 0.3 is 5.97 Å². The minimum atomic E-state index is -0.251. The number of benzene rings is 1. The highest BCUT2D eigenvalue weighted by atomic mass is 35.5. The summed E-state index contributed by atoms with van der Waals surface area (Å²) in [5, 5.41) is 0.988. The lowest BCUT2D eigenvalue weighted by atomic mass is 10.1. The summed E-state index contributed by atoms with van der Waals surface area (Å²) in [5.41, 5.74) is 1.53. The van der Waals surface area contributed by atoms with Crippen LogP contribution < -0.4 is 0 Å². The van der Waals surface area contributed by atoms with E-state index in [9.17, 15) is 4.79 Å². The van der Waals surface area contributed by atoms with Crippen molar-refractivity contribution in [2.45, 2.75) is 19.4 Å². The Morgan fingerprint density at radius 2 is 2.12 bits per heavy atom. The van der Waals surface area contributed by atoms with Crippen molar-refractivity contribution in [2.24, 2.45) is 0 Å². The Morgan fingerprint density at radius 3 is 2.69 bits per heavy atom. The molecule has 84 valence electrons. The Balaban J connectivity index is 2.29. The SMILES string of the molecule is CC1CC(=Cc2ccc(Cl)c(Cl)c2)C(=O)O1. The predicted octanol–water partition coefficient (Wildman–Crippen LogP) is 3.71. The van der Waals surface area contributed by atoms with E-state index in [1.54, 1.807) is 18.2 Å². The molecule has 0 aliphatic carbocycles. The molecular weight excluding hydrogens is 247 g/mol. The van der Waals surface area contributed by atoms with Crippen molar-refractivity contribution in [1.29, 1.82) is 0 Å². The highest BCUT2D eigenvalue weighted by Crippen LogP contribution is 2.26. The first-order valence-corrected chi connectivity index (χ1v) is 5.68. The topological polar surface area (TPSA) is 26.3 Å². The van der Waals surface area contributed by atoms with Gasteiger partial charge in [0.1, 0.15) is 6.10 Å². The molecule has 0 saturated carbocycles. The molecule has 16 heavy (non-hydrogen) atoms. The van der Waals surface area contributed by atoms with Crippen molar-refractivity contribution in [1.82, 2.24) is 0 Å². The molecule has 1 atom stereocenters. The van der Waals surface area contributed by atoms with Gasteiger partial charge in [0.05, 0.1) is 10.0 Å². The summed E-state index contributed by atoms with van der Waals surface area (Å²) in [5.74, 6) is -0.251. The first kappa shape index (κ1) is 11.5. The fourth-order valence-corrected chi connectivity index (χ4v) is 1.92. The van der Waals surface area contributed by atoms with Crippen LogP contribution in [-0.4, -0.2) is 12.1 Å². The van der Waals surface area contributed by atoms with Crippen LogP contribution in [0.25, 0.3) is 6.08 Å². The lowest BCUT2D eigenvalue weighted by molar-refractivity contribution is -0.138. The third-order valence-corrected chi connectivity index (χ3v) is 3.10. The van der Waals surface area contributed by atoms with Crippen molar-refractivity contribution >= 4 is 35.2 Å². The van der Waals surface area contributed by atoms with E-state index >= 15 is 0 Å². The summed E-state index contributed by atoms with van der Waals surface area (Å²) in [6, 6.07) is 5.25. The van der Waals surface area contributed by atoms with Crippen LogP contribution in [0.2, 0.25) is 10.0 Å². The summed E-state index contributed by atoms with van der Waals surface area (Å²) >= 11 is 11.7. The third kappa shape index (κ3) is 2.39. The van der Waals surface area contributed by atoms with Crippen molar-refractivity contribution < 1.29 is 9.53 Å². The van der Waals surface area contributed by atoms with Gasteiger partial charge < -0.3 is 4.74 Å². The van der Waals surface area contributed by atoms with E-state index in [0.717, 1.165) is 5.56 Å². The fourth-order valence-electron chi connectivity index (χ4n) is 1.61. The summed E-state index contributed by atoms with van der Waals surface area (Å²) in [7, 11) is 0. The average Bonchev–Trinajstić information content (AvgIpc) is 2.51. The smallest absolute Gasteiger partial charge is 0.334 e. The van der Waals surface area contributed by atoms with Crippen molar-refractivity contribution in [3.05, 3.63) is 39.4 Å². The maximum Gasteiger partial charge on any atom is 0.334 e. The number of cyclic esters (lactones) is 1. The van der Waals surface area contributed by atoms with Crippen LogP contribution in [0, 0.1) is 0 Å². The molecular formula is C12H10Cl2O2. The average molecular weight is 257 g/mol. The number of hydrogen-bond acceptors (Lipinski definition) is 2. The molecule has 1 heterocycles. The molecule has 1 aliphatic heterocycles. The summed E-state index contributed by atoms with van der Waals surface area (Å²) < 4.78 is 5.03. The Morgan fingerprint density at radius 1 is 1.38 bits per heavy atom. The first-order chi connectivity index (χ1) is 7.56. The number of carbonyl (C=O) groups is 1. The Kier molecular flexibility index (Phi) is 3.22. The lowest BCUT2D eigenvalue weighted by Gasteiger charge is -1.98. The molecule has 0 radical (unpaired) electrons. The molecule has 0 aromatic heterocycles. The summed E-state index contributed by atoms with van der Waals surface area (Å²) in [4.78, 5) is 11.4. The van der Waals surface area contributed by atoms with E-state index < -0.39 is 0 Å². The van der Waals surface area contributed by atoms with E-state index in [1.807, 2.05) is 13.0 Å². The molecule has 1 fully saturated rings. The maximum atomic E-state index is 11.4. The Bertz CT molecular complexity index is 466. The highest BCUT2D eigenvalue weighted by molar-refractivity contribution is 6.42. The lowest BCUT2D eigenvalue weighted by Crippen LogP contribution is -1.99. The van der Waals surface area contributed by atoms with Gasteiger partial charge in [0.15, 0.2) is 0 Å². The Labute approximate surface area is 104 Å². The molecule has 1 aliphatic rings. The Hall–Kier alpha value is -0.990. The van der Waals surface area contributed by atoms with Gasteiger partial charge in [-0.15, -0.1) is 0 Å². The van der Waals surface area contributed by atoms with Crippen LogP contribution in [0.5, 0.6) is 0 Å². The third-order valence-electron chi connectivity index (χ3n) is 2.36. The fraction of sp³-hybridized carbons (Fsp3) is 0.250. The van der Waals surface area contributed by atoms with Gasteiger partial charge in [0, 0.05) is 12.0 Å². The number of rotatable bonds is 1. The second kappa shape index (κ2) is 4.48. The van der Waals surface area contributed by atoms with Gasteiger partial charge in [-0.1, -0.05) is 29.3 Å². The number of carbonyl (C=O) groups excluding carboxylic acids is 1. The molecule has 2 nitrogen and oxygen atoms in total. The van der Waals surface area contributed by atoms with Crippen LogP contribution in [0.1, 0.15) is 18.9 Å². The molecule has 1 saturated heterocycles. The zero-order valence-corrected chi connectivity index (χ0v) is 10.2. The molecule has 0 spiro atoms. The van der Waals surface area contributed by atoms with Crippen LogP contribution in [-0.2, 0) is 9.53 Å². The molecule has 4 heteroatoms.